The molecule has 0 radical (unpaired) electrons. The molecule has 0 amide bonds. The molecular formula is C10H14O3S2. The zero-order valence-electron chi connectivity index (χ0n) is 9.16. The maximum Gasteiger partial charge on any atom is 0.203 e. The summed E-state index contributed by atoms with van der Waals surface area (Å²) in [4.78, 5) is 1.81. The maximum absolute atomic E-state index is 9.94. The smallest absolute Gasteiger partial charge is 0.203 e. The van der Waals surface area contributed by atoms with Crippen LogP contribution in [0.5, 0.6) is 17.2 Å². The first-order valence-electron chi connectivity index (χ1n) is 4.25. The van der Waals surface area contributed by atoms with Gasteiger partial charge in [0.15, 0.2) is 11.5 Å². The van der Waals surface area contributed by atoms with Crippen LogP contribution in [0.1, 0.15) is 0 Å². The number of rotatable bonds is 4. The van der Waals surface area contributed by atoms with Crippen LogP contribution in [-0.2, 0) is 0 Å². The van der Waals surface area contributed by atoms with E-state index in [1.807, 2.05) is 18.6 Å². The summed E-state index contributed by atoms with van der Waals surface area (Å²) in [7, 11) is 3.07. The molecule has 5 heteroatoms. The van der Waals surface area contributed by atoms with E-state index < -0.39 is 0 Å². The Morgan fingerprint density at radius 2 is 1.40 bits per heavy atom. The molecule has 1 aromatic rings. The Labute approximate surface area is 98.2 Å². The van der Waals surface area contributed by atoms with Crippen LogP contribution in [0.25, 0.3) is 0 Å². The zero-order chi connectivity index (χ0) is 11.4. The predicted octanol–water partition coefficient (Wildman–Crippen LogP) is 2.85. The van der Waals surface area contributed by atoms with Gasteiger partial charge in [-0.25, -0.2) is 0 Å². The monoisotopic (exact) mass is 246 g/mol. The van der Waals surface area contributed by atoms with E-state index in [1.54, 1.807) is 0 Å². The number of methoxy groups -OCH3 is 2. The van der Waals surface area contributed by atoms with Crippen LogP contribution in [0.15, 0.2) is 15.9 Å². The minimum Gasteiger partial charge on any atom is -0.502 e. The van der Waals surface area contributed by atoms with Crippen molar-refractivity contribution in [1.29, 1.82) is 0 Å². The van der Waals surface area contributed by atoms with Crippen molar-refractivity contribution in [3.05, 3.63) is 6.07 Å². The Kier molecular flexibility index (Phi) is 4.47. The van der Waals surface area contributed by atoms with Gasteiger partial charge in [-0.15, -0.1) is 23.5 Å². The fraction of sp³-hybridized carbons (Fsp3) is 0.400. The molecule has 1 N–H and O–H groups in total. The van der Waals surface area contributed by atoms with Gasteiger partial charge in [0.25, 0.3) is 0 Å². The van der Waals surface area contributed by atoms with E-state index in [0.29, 0.717) is 11.5 Å². The van der Waals surface area contributed by atoms with Crippen LogP contribution >= 0.6 is 23.5 Å². The number of phenols is 1. The van der Waals surface area contributed by atoms with Gasteiger partial charge in [0.1, 0.15) is 0 Å². The standard InChI is InChI=1S/C10H14O3S2/c1-12-9-6(14-3)5-7(15-4)10(13-2)8(9)11/h5,11H,1-4H3. The molecule has 0 saturated heterocycles. The maximum atomic E-state index is 9.94. The van der Waals surface area contributed by atoms with Crippen LogP contribution in [0, 0.1) is 0 Å². The normalized spacial score (nSPS) is 10.1. The molecule has 1 aromatic carbocycles. The molecule has 0 aliphatic heterocycles. The molecule has 0 aliphatic rings. The van der Waals surface area contributed by atoms with Gasteiger partial charge in [-0.3, -0.25) is 0 Å². The lowest BCUT2D eigenvalue weighted by Crippen LogP contribution is -1.93. The second-order valence-electron chi connectivity index (χ2n) is 2.70. The van der Waals surface area contributed by atoms with Crippen molar-refractivity contribution in [2.45, 2.75) is 9.79 Å². The van der Waals surface area contributed by atoms with Gasteiger partial charge in [0, 0.05) is 0 Å². The number of benzene rings is 1. The summed E-state index contributed by atoms with van der Waals surface area (Å²) in [5.41, 5.74) is 0. The summed E-state index contributed by atoms with van der Waals surface area (Å²) in [6, 6.07) is 1.95. The SMILES string of the molecule is COc1c(SC)cc(SC)c(OC)c1O. The number of aromatic hydroxyl groups is 1. The first-order chi connectivity index (χ1) is 7.19. The Morgan fingerprint density at radius 1 is 1.00 bits per heavy atom. The third kappa shape index (κ3) is 2.29. The number of ether oxygens (including phenoxy) is 2. The van der Waals surface area contributed by atoms with Crippen molar-refractivity contribution < 1.29 is 14.6 Å². The molecule has 0 bridgehead atoms. The highest BCUT2D eigenvalue weighted by molar-refractivity contribution is 7.99. The quantitative estimate of drug-likeness (QED) is 0.827. The molecule has 1 rings (SSSR count). The fourth-order valence-electron chi connectivity index (χ4n) is 1.28. The molecular weight excluding hydrogens is 232 g/mol. The van der Waals surface area contributed by atoms with Gasteiger partial charge < -0.3 is 14.6 Å². The highest BCUT2D eigenvalue weighted by Gasteiger charge is 2.18. The molecule has 3 nitrogen and oxygen atoms in total. The number of hydrogen-bond donors (Lipinski definition) is 1. The van der Waals surface area contributed by atoms with Crippen LogP contribution in [0.2, 0.25) is 0 Å². The Balaban J connectivity index is 3.41. The minimum absolute atomic E-state index is 0.0659. The van der Waals surface area contributed by atoms with E-state index in [4.69, 9.17) is 9.47 Å². The molecule has 15 heavy (non-hydrogen) atoms. The van der Waals surface area contributed by atoms with E-state index >= 15 is 0 Å². The molecule has 0 aliphatic carbocycles. The average Bonchev–Trinajstić information content (AvgIpc) is 2.27. The number of hydrogen-bond acceptors (Lipinski definition) is 5. The Hall–Kier alpha value is -0.680. The van der Waals surface area contributed by atoms with E-state index in [0.717, 1.165) is 9.79 Å². The van der Waals surface area contributed by atoms with Crippen molar-refractivity contribution in [3.8, 4) is 17.2 Å². The fourth-order valence-corrected chi connectivity index (χ4v) is 2.56. The van der Waals surface area contributed by atoms with Crippen LogP contribution < -0.4 is 9.47 Å². The van der Waals surface area contributed by atoms with Gasteiger partial charge in [-0.2, -0.15) is 0 Å². The van der Waals surface area contributed by atoms with Gasteiger partial charge in [0.05, 0.1) is 24.0 Å². The molecule has 0 heterocycles. The second kappa shape index (κ2) is 5.42. The van der Waals surface area contributed by atoms with Gasteiger partial charge in [0.2, 0.25) is 5.75 Å². The number of thioether (sulfide) groups is 2. The third-order valence-electron chi connectivity index (χ3n) is 1.99. The van der Waals surface area contributed by atoms with Crippen LogP contribution in [0.4, 0.5) is 0 Å². The Bertz CT molecular complexity index is 323. The lowest BCUT2D eigenvalue weighted by atomic mass is 10.3. The molecule has 0 saturated carbocycles. The molecule has 0 spiro atoms. The summed E-state index contributed by atoms with van der Waals surface area (Å²) in [6.45, 7) is 0. The van der Waals surface area contributed by atoms with Crippen LogP contribution in [-0.4, -0.2) is 31.8 Å². The first-order valence-corrected chi connectivity index (χ1v) is 6.70. The minimum atomic E-state index is 0.0659. The first kappa shape index (κ1) is 12.4. The van der Waals surface area contributed by atoms with E-state index in [-0.39, 0.29) is 5.75 Å². The summed E-state index contributed by atoms with van der Waals surface area (Å²) in [5.74, 6) is 1.01. The summed E-state index contributed by atoms with van der Waals surface area (Å²) in [6.07, 6.45) is 3.88. The third-order valence-corrected chi connectivity index (χ3v) is 3.47. The van der Waals surface area contributed by atoms with E-state index in [1.165, 1.54) is 37.7 Å². The molecule has 84 valence electrons. The molecule has 0 aromatic heterocycles. The van der Waals surface area contributed by atoms with Crippen molar-refractivity contribution in [2.75, 3.05) is 26.7 Å². The molecule has 0 unspecified atom stereocenters. The predicted molar refractivity (Wildman–Crippen MR) is 64.8 cm³/mol. The van der Waals surface area contributed by atoms with Crippen LogP contribution in [0.3, 0.4) is 0 Å². The van der Waals surface area contributed by atoms with Crippen molar-refractivity contribution >= 4 is 23.5 Å². The van der Waals surface area contributed by atoms with Crippen molar-refractivity contribution in [2.24, 2.45) is 0 Å². The second-order valence-corrected chi connectivity index (χ2v) is 4.39. The van der Waals surface area contributed by atoms with Gasteiger partial charge >= 0.3 is 0 Å². The van der Waals surface area contributed by atoms with E-state index in [9.17, 15) is 5.11 Å². The zero-order valence-corrected chi connectivity index (χ0v) is 10.8. The summed E-state index contributed by atoms with van der Waals surface area (Å²) in [5, 5.41) is 9.94. The van der Waals surface area contributed by atoms with Crippen molar-refractivity contribution in [1.82, 2.24) is 0 Å². The highest BCUT2D eigenvalue weighted by atomic mass is 32.2. The summed E-state index contributed by atoms with van der Waals surface area (Å²) >= 11 is 3.06. The molecule has 0 fully saturated rings. The average molecular weight is 246 g/mol. The lowest BCUT2D eigenvalue weighted by Gasteiger charge is -2.14. The lowest BCUT2D eigenvalue weighted by molar-refractivity contribution is 0.328. The highest BCUT2D eigenvalue weighted by Crippen LogP contribution is 2.47. The van der Waals surface area contributed by atoms with E-state index in [2.05, 4.69) is 0 Å². The Morgan fingerprint density at radius 3 is 1.67 bits per heavy atom. The topological polar surface area (TPSA) is 38.7 Å². The van der Waals surface area contributed by atoms with Gasteiger partial charge in [-0.1, -0.05) is 0 Å². The van der Waals surface area contributed by atoms with Gasteiger partial charge in [-0.05, 0) is 18.6 Å². The summed E-state index contributed by atoms with van der Waals surface area (Å²) < 4.78 is 10.3. The molecule has 0 atom stereocenters. The van der Waals surface area contributed by atoms with Crippen molar-refractivity contribution in [3.63, 3.8) is 0 Å². The number of phenolic OH excluding ortho intramolecular Hbond substituents is 1. The largest absolute Gasteiger partial charge is 0.502 e.